The molecule has 0 bridgehead atoms. The summed E-state index contributed by atoms with van der Waals surface area (Å²) < 4.78 is 6.28. The molecule has 0 spiro atoms. The first kappa shape index (κ1) is 18.1. The van der Waals surface area contributed by atoms with Crippen LogP contribution < -0.4 is 4.74 Å². The van der Waals surface area contributed by atoms with E-state index in [-0.39, 0.29) is 5.38 Å². The standard InChI is InChI=1S/C16H23BrCl2O/c1-3-4-5-6-7-8-9-15(19)13-10-12(18)11-14(17)16(13)20-2/h10-11,15H,3-9H2,1-2H3. The van der Waals surface area contributed by atoms with Gasteiger partial charge in [0.05, 0.1) is 17.0 Å². The summed E-state index contributed by atoms with van der Waals surface area (Å²) in [5, 5.41) is 0.632. The van der Waals surface area contributed by atoms with Crippen molar-refractivity contribution in [3.63, 3.8) is 0 Å². The largest absolute Gasteiger partial charge is 0.495 e. The number of unbranched alkanes of at least 4 members (excludes halogenated alkanes) is 5. The second-order valence-electron chi connectivity index (χ2n) is 5.03. The van der Waals surface area contributed by atoms with Crippen molar-refractivity contribution in [2.45, 2.75) is 57.2 Å². The fourth-order valence-corrected chi connectivity index (χ4v) is 3.60. The first-order valence-electron chi connectivity index (χ1n) is 7.27. The highest BCUT2D eigenvalue weighted by molar-refractivity contribution is 9.10. The van der Waals surface area contributed by atoms with E-state index in [1.54, 1.807) is 7.11 Å². The zero-order valence-electron chi connectivity index (χ0n) is 12.2. The Morgan fingerprint density at radius 3 is 2.45 bits per heavy atom. The zero-order chi connectivity index (χ0) is 15.0. The van der Waals surface area contributed by atoms with Crippen LogP contribution in [-0.4, -0.2) is 7.11 Å². The van der Waals surface area contributed by atoms with Crippen molar-refractivity contribution in [3.05, 3.63) is 27.2 Å². The van der Waals surface area contributed by atoms with Gasteiger partial charge in [0, 0.05) is 10.6 Å². The fourth-order valence-electron chi connectivity index (χ4n) is 2.29. The van der Waals surface area contributed by atoms with Crippen molar-refractivity contribution in [2.75, 3.05) is 7.11 Å². The Morgan fingerprint density at radius 2 is 1.80 bits per heavy atom. The van der Waals surface area contributed by atoms with Crippen molar-refractivity contribution < 1.29 is 4.74 Å². The molecule has 1 atom stereocenters. The van der Waals surface area contributed by atoms with Gasteiger partial charge in [-0.15, -0.1) is 11.6 Å². The highest BCUT2D eigenvalue weighted by Crippen LogP contribution is 2.40. The molecule has 0 N–H and O–H groups in total. The summed E-state index contributed by atoms with van der Waals surface area (Å²) in [5.41, 5.74) is 0.974. The number of benzene rings is 1. The van der Waals surface area contributed by atoms with Gasteiger partial charge in [-0.2, -0.15) is 0 Å². The summed E-state index contributed by atoms with van der Waals surface area (Å²) in [6.07, 6.45) is 8.59. The lowest BCUT2D eigenvalue weighted by Gasteiger charge is -2.16. The van der Waals surface area contributed by atoms with E-state index in [4.69, 9.17) is 27.9 Å². The first-order valence-corrected chi connectivity index (χ1v) is 8.87. The van der Waals surface area contributed by atoms with Gasteiger partial charge in [0.25, 0.3) is 0 Å². The molecule has 0 fully saturated rings. The number of hydrogen-bond acceptors (Lipinski definition) is 1. The molecule has 1 nitrogen and oxygen atoms in total. The predicted molar refractivity (Wildman–Crippen MR) is 92.3 cm³/mol. The molecule has 1 rings (SSSR count). The predicted octanol–water partition coefficient (Wildman–Crippen LogP) is 7.14. The van der Waals surface area contributed by atoms with Crippen LogP contribution in [0.2, 0.25) is 5.02 Å². The molecule has 0 saturated heterocycles. The van der Waals surface area contributed by atoms with Gasteiger partial charge in [-0.3, -0.25) is 0 Å². The van der Waals surface area contributed by atoms with E-state index < -0.39 is 0 Å². The Kier molecular flexibility index (Phi) is 8.99. The molecule has 0 saturated carbocycles. The van der Waals surface area contributed by atoms with E-state index in [1.165, 1.54) is 32.1 Å². The highest BCUT2D eigenvalue weighted by Gasteiger charge is 2.16. The monoisotopic (exact) mass is 380 g/mol. The van der Waals surface area contributed by atoms with Gasteiger partial charge in [0.2, 0.25) is 0 Å². The van der Waals surface area contributed by atoms with Crippen molar-refractivity contribution >= 4 is 39.1 Å². The second-order valence-corrected chi connectivity index (χ2v) is 6.85. The summed E-state index contributed by atoms with van der Waals surface area (Å²) in [7, 11) is 1.66. The van der Waals surface area contributed by atoms with Crippen LogP contribution >= 0.6 is 39.1 Å². The maximum atomic E-state index is 6.51. The van der Waals surface area contributed by atoms with Crippen molar-refractivity contribution in [1.29, 1.82) is 0 Å². The van der Waals surface area contributed by atoms with Crippen molar-refractivity contribution in [3.8, 4) is 5.75 Å². The average molecular weight is 382 g/mol. The SMILES string of the molecule is CCCCCCCCC(Cl)c1cc(Cl)cc(Br)c1OC. The number of hydrogen-bond donors (Lipinski definition) is 0. The Balaban J connectivity index is 2.52. The van der Waals surface area contributed by atoms with Crippen molar-refractivity contribution in [2.24, 2.45) is 0 Å². The van der Waals surface area contributed by atoms with Crippen molar-refractivity contribution in [1.82, 2.24) is 0 Å². The van der Waals surface area contributed by atoms with Crippen LogP contribution in [0.4, 0.5) is 0 Å². The Hall–Kier alpha value is 0.0800. The van der Waals surface area contributed by atoms with Gasteiger partial charge < -0.3 is 4.74 Å². The minimum atomic E-state index is -0.0499. The molecule has 114 valence electrons. The third-order valence-corrected chi connectivity index (χ3v) is 4.65. The van der Waals surface area contributed by atoms with Gasteiger partial charge in [-0.1, -0.05) is 57.0 Å². The van der Waals surface area contributed by atoms with E-state index in [0.29, 0.717) is 5.02 Å². The van der Waals surface area contributed by atoms with Gasteiger partial charge >= 0.3 is 0 Å². The van der Waals surface area contributed by atoms with E-state index in [1.807, 2.05) is 12.1 Å². The summed E-state index contributed by atoms with van der Waals surface area (Å²) in [6, 6.07) is 3.73. The van der Waals surface area contributed by atoms with E-state index in [2.05, 4.69) is 22.9 Å². The van der Waals surface area contributed by atoms with E-state index >= 15 is 0 Å². The lowest BCUT2D eigenvalue weighted by Crippen LogP contribution is -1.97. The minimum Gasteiger partial charge on any atom is -0.495 e. The van der Waals surface area contributed by atoms with Crippen LogP contribution in [0.15, 0.2) is 16.6 Å². The summed E-state index contributed by atoms with van der Waals surface area (Å²) in [6.45, 7) is 2.23. The molecule has 0 heterocycles. The third-order valence-electron chi connectivity index (χ3n) is 3.39. The number of alkyl halides is 1. The molecule has 4 heteroatoms. The van der Waals surface area contributed by atoms with Crippen LogP contribution in [0.25, 0.3) is 0 Å². The minimum absolute atomic E-state index is 0.0499. The lowest BCUT2D eigenvalue weighted by molar-refractivity contribution is 0.405. The van der Waals surface area contributed by atoms with E-state index in [0.717, 1.165) is 28.6 Å². The highest BCUT2D eigenvalue weighted by atomic mass is 79.9. The number of halogens is 3. The van der Waals surface area contributed by atoms with Gasteiger partial charge in [-0.05, 0) is 34.5 Å². The molecule has 0 aliphatic rings. The maximum Gasteiger partial charge on any atom is 0.137 e. The molecule has 0 aliphatic carbocycles. The first-order chi connectivity index (χ1) is 9.60. The lowest BCUT2D eigenvalue weighted by atomic mass is 10.0. The quantitative estimate of drug-likeness (QED) is 0.326. The van der Waals surface area contributed by atoms with Gasteiger partial charge in [0.15, 0.2) is 0 Å². The zero-order valence-corrected chi connectivity index (χ0v) is 15.3. The van der Waals surface area contributed by atoms with Crippen LogP contribution in [0.5, 0.6) is 5.75 Å². The normalized spacial score (nSPS) is 12.4. The molecule has 1 aromatic rings. The summed E-state index contributed by atoms with van der Waals surface area (Å²) in [5.74, 6) is 0.792. The molecule has 20 heavy (non-hydrogen) atoms. The van der Waals surface area contributed by atoms with Gasteiger partial charge in [-0.25, -0.2) is 0 Å². The Morgan fingerprint density at radius 1 is 1.15 bits per heavy atom. The summed E-state index contributed by atoms with van der Waals surface area (Å²) in [4.78, 5) is 0. The molecule has 0 radical (unpaired) electrons. The second kappa shape index (κ2) is 9.92. The topological polar surface area (TPSA) is 9.23 Å². The van der Waals surface area contributed by atoms with E-state index in [9.17, 15) is 0 Å². The number of methoxy groups -OCH3 is 1. The van der Waals surface area contributed by atoms with Crippen LogP contribution in [0.1, 0.15) is 62.8 Å². The maximum absolute atomic E-state index is 6.51. The molecule has 0 amide bonds. The molecule has 1 aromatic carbocycles. The molecule has 0 aromatic heterocycles. The van der Waals surface area contributed by atoms with Gasteiger partial charge in [0.1, 0.15) is 5.75 Å². The molecule has 0 aliphatic heterocycles. The number of ether oxygens (including phenoxy) is 1. The fraction of sp³-hybridized carbons (Fsp3) is 0.625. The third kappa shape index (κ3) is 5.83. The number of rotatable bonds is 9. The average Bonchev–Trinajstić information content (AvgIpc) is 2.41. The van der Waals surface area contributed by atoms with Crippen LogP contribution in [0, 0.1) is 0 Å². The Labute approximate surface area is 141 Å². The smallest absolute Gasteiger partial charge is 0.137 e. The Bertz CT molecular complexity index is 410. The van der Waals surface area contributed by atoms with Crippen LogP contribution in [-0.2, 0) is 0 Å². The summed E-state index contributed by atoms with van der Waals surface area (Å²) >= 11 is 16.1. The van der Waals surface area contributed by atoms with Crippen LogP contribution in [0.3, 0.4) is 0 Å². The molecular formula is C16H23BrCl2O. The molecular weight excluding hydrogens is 359 g/mol. The molecule has 1 unspecified atom stereocenters.